The van der Waals surface area contributed by atoms with Gasteiger partial charge in [0.25, 0.3) is 0 Å². The first kappa shape index (κ1) is 14.9. The first-order chi connectivity index (χ1) is 8.80. The summed E-state index contributed by atoms with van der Waals surface area (Å²) in [6, 6.07) is 0. The molecule has 6 nitrogen and oxygen atoms in total. The average Bonchev–Trinajstić information content (AvgIpc) is 2.27. The number of hydrogen-bond donors (Lipinski definition) is 1. The van der Waals surface area contributed by atoms with E-state index < -0.39 is 35.0 Å². The van der Waals surface area contributed by atoms with E-state index in [9.17, 15) is 22.8 Å². The molecule has 1 aromatic heterocycles. The Morgan fingerprint density at radius 1 is 1.42 bits per heavy atom. The molecule has 0 saturated carbocycles. The summed E-state index contributed by atoms with van der Waals surface area (Å²) >= 11 is 0. The second kappa shape index (κ2) is 5.63. The third-order valence-corrected chi connectivity index (χ3v) is 1.92. The molecule has 0 aliphatic heterocycles. The van der Waals surface area contributed by atoms with E-state index in [1.807, 2.05) is 4.98 Å². The van der Waals surface area contributed by atoms with Crippen molar-refractivity contribution in [1.29, 1.82) is 0 Å². The summed E-state index contributed by atoms with van der Waals surface area (Å²) in [7, 11) is 0.975. The topological polar surface area (TPSA) is 77.6 Å². The molecule has 0 bridgehead atoms. The number of esters is 1. The molecule has 1 heterocycles. The number of rotatable bonds is 4. The van der Waals surface area contributed by atoms with E-state index in [0.717, 1.165) is 13.3 Å². The van der Waals surface area contributed by atoms with Gasteiger partial charge in [0.1, 0.15) is 5.56 Å². The van der Waals surface area contributed by atoms with Gasteiger partial charge in [0.05, 0.1) is 13.7 Å². The van der Waals surface area contributed by atoms with Crippen LogP contribution in [0.5, 0.6) is 11.6 Å². The van der Waals surface area contributed by atoms with Crippen LogP contribution in [0.3, 0.4) is 0 Å². The quantitative estimate of drug-likeness (QED) is 0.845. The lowest BCUT2D eigenvalue weighted by Gasteiger charge is -2.12. The van der Waals surface area contributed by atoms with Gasteiger partial charge in [-0.25, -0.2) is 4.79 Å². The first-order valence-corrected chi connectivity index (χ1v) is 5.02. The highest BCUT2D eigenvalue weighted by atomic mass is 19.4. The second-order valence-corrected chi connectivity index (χ2v) is 3.16. The highest BCUT2D eigenvalue weighted by molar-refractivity contribution is 5.89. The van der Waals surface area contributed by atoms with Crippen molar-refractivity contribution < 1.29 is 32.2 Å². The van der Waals surface area contributed by atoms with Crippen LogP contribution in [0.1, 0.15) is 17.3 Å². The van der Waals surface area contributed by atoms with Gasteiger partial charge in [0, 0.05) is 6.20 Å². The Bertz CT molecular complexity index is 523. The van der Waals surface area contributed by atoms with Gasteiger partial charge < -0.3 is 19.2 Å². The van der Waals surface area contributed by atoms with Crippen molar-refractivity contribution in [3.05, 3.63) is 22.0 Å². The molecule has 19 heavy (non-hydrogen) atoms. The number of carbonyl (C=O) groups is 1. The normalized spacial score (nSPS) is 11.0. The lowest BCUT2D eigenvalue weighted by molar-refractivity contribution is -0.276. The number of alkyl halides is 3. The van der Waals surface area contributed by atoms with Crippen molar-refractivity contribution in [1.82, 2.24) is 4.98 Å². The first-order valence-electron chi connectivity index (χ1n) is 5.02. The predicted octanol–water partition coefficient (Wildman–Crippen LogP) is 1.46. The van der Waals surface area contributed by atoms with E-state index >= 15 is 0 Å². The minimum atomic E-state index is -5.00. The summed E-state index contributed by atoms with van der Waals surface area (Å²) in [6.07, 6.45) is -4.23. The van der Waals surface area contributed by atoms with Gasteiger partial charge in [0.15, 0.2) is 0 Å². The van der Waals surface area contributed by atoms with Gasteiger partial charge in [-0.3, -0.25) is 4.79 Å². The Labute approximate surface area is 105 Å². The molecular weight excluding hydrogens is 271 g/mol. The van der Waals surface area contributed by atoms with Crippen LogP contribution < -0.4 is 14.9 Å². The molecule has 0 aromatic carbocycles. The molecule has 9 heteroatoms. The number of pyridine rings is 1. The maximum atomic E-state index is 12.1. The summed E-state index contributed by atoms with van der Waals surface area (Å²) < 4.78 is 48.9. The third kappa shape index (κ3) is 3.63. The van der Waals surface area contributed by atoms with E-state index in [-0.39, 0.29) is 6.61 Å². The van der Waals surface area contributed by atoms with Gasteiger partial charge in [-0.1, -0.05) is 0 Å². The zero-order valence-corrected chi connectivity index (χ0v) is 9.96. The van der Waals surface area contributed by atoms with Crippen molar-refractivity contribution in [2.45, 2.75) is 13.3 Å². The number of nitrogens with one attached hydrogen (secondary N) is 1. The summed E-state index contributed by atoms with van der Waals surface area (Å²) in [5.74, 6) is -2.67. The van der Waals surface area contributed by atoms with Crippen molar-refractivity contribution in [3.63, 3.8) is 0 Å². The molecule has 0 amide bonds. The summed E-state index contributed by atoms with van der Waals surface area (Å²) in [5.41, 5.74) is -1.54. The van der Waals surface area contributed by atoms with Crippen LogP contribution >= 0.6 is 0 Å². The van der Waals surface area contributed by atoms with E-state index in [0.29, 0.717) is 0 Å². The highest BCUT2D eigenvalue weighted by Gasteiger charge is 2.34. The molecule has 0 aliphatic carbocycles. The van der Waals surface area contributed by atoms with E-state index in [1.54, 1.807) is 0 Å². The lowest BCUT2D eigenvalue weighted by atomic mass is 10.2. The number of H-pyrrole nitrogens is 1. The SMILES string of the molecule is CCOC(=O)c1c[nH]c(OC(F)(F)F)c(OC)c1=O. The Morgan fingerprint density at radius 2 is 2.05 bits per heavy atom. The maximum Gasteiger partial charge on any atom is 0.574 e. The van der Waals surface area contributed by atoms with Crippen molar-refractivity contribution in [3.8, 4) is 11.6 Å². The van der Waals surface area contributed by atoms with Crippen LogP contribution in [0.2, 0.25) is 0 Å². The largest absolute Gasteiger partial charge is 0.574 e. The second-order valence-electron chi connectivity index (χ2n) is 3.16. The van der Waals surface area contributed by atoms with Crippen molar-refractivity contribution in [2.75, 3.05) is 13.7 Å². The number of aromatic amines is 1. The van der Waals surface area contributed by atoms with Gasteiger partial charge in [-0.2, -0.15) is 0 Å². The zero-order valence-electron chi connectivity index (χ0n) is 9.96. The summed E-state index contributed by atoms with van der Waals surface area (Å²) in [4.78, 5) is 25.1. The molecule has 106 valence electrons. The number of methoxy groups -OCH3 is 1. The molecule has 0 atom stereocenters. The van der Waals surface area contributed by atoms with Gasteiger partial charge >= 0.3 is 12.3 Å². The fourth-order valence-electron chi connectivity index (χ4n) is 1.23. The molecule has 1 rings (SSSR count). The smallest absolute Gasteiger partial charge is 0.488 e. The van der Waals surface area contributed by atoms with Crippen LogP contribution in [-0.2, 0) is 4.74 Å². The molecular formula is C10H10F3NO5. The number of halogens is 3. The van der Waals surface area contributed by atoms with Crippen LogP contribution in [0.15, 0.2) is 11.0 Å². The van der Waals surface area contributed by atoms with Crippen molar-refractivity contribution in [2.24, 2.45) is 0 Å². The minimum Gasteiger partial charge on any atom is -0.488 e. The molecule has 0 saturated heterocycles. The highest BCUT2D eigenvalue weighted by Crippen LogP contribution is 2.27. The minimum absolute atomic E-state index is 0.0153. The predicted molar refractivity (Wildman–Crippen MR) is 56.3 cm³/mol. The Hall–Kier alpha value is -2.19. The van der Waals surface area contributed by atoms with Crippen LogP contribution in [0, 0.1) is 0 Å². The van der Waals surface area contributed by atoms with Gasteiger partial charge in [-0.05, 0) is 6.92 Å². The van der Waals surface area contributed by atoms with Gasteiger partial charge in [-0.15, -0.1) is 13.2 Å². The summed E-state index contributed by atoms with van der Waals surface area (Å²) in [6.45, 7) is 1.53. The van der Waals surface area contributed by atoms with Crippen LogP contribution in [0.25, 0.3) is 0 Å². The summed E-state index contributed by atoms with van der Waals surface area (Å²) in [5, 5.41) is 0. The number of hydrogen-bond acceptors (Lipinski definition) is 5. The van der Waals surface area contributed by atoms with Crippen LogP contribution in [-0.4, -0.2) is 31.0 Å². The standard InChI is InChI=1S/C10H10F3NO5/c1-3-18-9(16)5-4-14-8(19-10(11,12)13)7(17-2)6(5)15/h4H,3H2,1-2H3,(H,14,15). The van der Waals surface area contributed by atoms with E-state index in [1.165, 1.54) is 6.92 Å². The number of aromatic nitrogens is 1. The fourth-order valence-corrected chi connectivity index (χ4v) is 1.23. The number of ether oxygens (including phenoxy) is 3. The molecule has 0 spiro atoms. The molecule has 1 N–H and O–H groups in total. The molecule has 0 unspecified atom stereocenters. The Balaban J connectivity index is 3.23. The number of carbonyl (C=O) groups excluding carboxylic acids is 1. The van der Waals surface area contributed by atoms with Crippen LogP contribution in [0.4, 0.5) is 13.2 Å². The monoisotopic (exact) mass is 281 g/mol. The van der Waals surface area contributed by atoms with E-state index in [2.05, 4.69) is 14.2 Å². The zero-order chi connectivity index (χ0) is 14.6. The molecule has 0 fully saturated rings. The maximum absolute atomic E-state index is 12.1. The molecule has 0 radical (unpaired) electrons. The van der Waals surface area contributed by atoms with E-state index in [4.69, 9.17) is 0 Å². The Morgan fingerprint density at radius 3 is 2.53 bits per heavy atom. The molecule has 0 aliphatic rings. The Kier molecular flexibility index (Phi) is 4.41. The average molecular weight is 281 g/mol. The third-order valence-electron chi connectivity index (χ3n) is 1.92. The fraction of sp³-hybridized carbons (Fsp3) is 0.400. The van der Waals surface area contributed by atoms with Crippen molar-refractivity contribution >= 4 is 5.97 Å². The molecule has 1 aromatic rings. The van der Waals surface area contributed by atoms with Gasteiger partial charge in [0.2, 0.25) is 17.1 Å². The lowest BCUT2D eigenvalue weighted by Crippen LogP contribution is -2.24.